The fourth-order valence-corrected chi connectivity index (χ4v) is 2.58. The van der Waals surface area contributed by atoms with Gasteiger partial charge in [0.2, 0.25) is 0 Å². The molecule has 1 N–H and O–H groups in total. The number of hydrogen-bond donors (Lipinski definition) is 1. The molecule has 1 aromatic heterocycles. The van der Waals surface area contributed by atoms with E-state index in [9.17, 15) is 5.11 Å². The van der Waals surface area contributed by atoms with Crippen LogP contribution in [0, 0.1) is 0 Å². The van der Waals surface area contributed by atoms with Crippen LogP contribution >= 0.6 is 0 Å². The van der Waals surface area contributed by atoms with Crippen molar-refractivity contribution in [3.05, 3.63) is 102 Å². The van der Waals surface area contributed by atoms with Crippen LogP contribution in [0.25, 0.3) is 0 Å². The summed E-state index contributed by atoms with van der Waals surface area (Å²) in [5, 5.41) is 11.4. The second-order valence-electron chi connectivity index (χ2n) is 5.14. The number of aromatic nitrogens is 1. The molecule has 104 valence electrons. The summed E-state index contributed by atoms with van der Waals surface area (Å²) >= 11 is 0. The van der Waals surface area contributed by atoms with E-state index in [-0.39, 0.29) is 0 Å². The van der Waals surface area contributed by atoms with Crippen LogP contribution in [0.2, 0.25) is 0 Å². The van der Waals surface area contributed by atoms with Gasteiger partial charge >= 0.3 is 0 Å². The van der Waals surface area contributed by atoms with E-state index in [1.165, 1.54) is 0 Å². The third-order valence-electron chi connectivity index (χ3n) is 3.69. The van der Waals surface area contributed by atoms with Gasteiger partial charge in [-0.15, -0.1) is 0 Å². The highest BCUT2D eigenvalue weighted by atomic mass is 16.3. The maximum atomic E-state index is 11.4. The lowest BCUT2D eigenvalue weighted by Gasteiger charge is -2.26. The Balaban J connectivity index is 2.07. The van der Waals surface area contributed by atoms with E-state index in [0.29, 0.717) is 6.54 Å². The van der Waals surface area contributed by atoms with Crippen molar-refractivity contribution in [2.75, 3.05) is 0 Å². The third kappa shape index (κ3) is 2.86. The van der Waals surface area contributed by atoms with Crippen LogP contribution in [0.5, 0.6) is 0 Å². The predicted octanol–water partition coefficient (Wildman–Crippen LogP) is 2.91. The first-order chi connectivity index (χ1) is 10.3. The highest BCUT2D eigenvalue weighted by molar-refractivity contribution is 5.35. The molecule has 1 heterocycles. The number of aliphatic hydroxyl groups is 1. The third-order valence-corrected chi connectivity index (χ3v) is 3.69. The smallest absolute Gasteiger partial charge is 0.185 e. The summed E-state index contributed by atoms with van der Waals surface area (Å²) in [5.74, 6) is 0. The molecule has 0 spiro atoms. The number of nitrogens with zero attached hydrogens (tertiary/aromatic N) is 1. The molecule has 0 unspecified atom stereocenters. The first kappa shape index (κ1) is 13.5. The second kappa shape index (κ2) is 5.90. The van der Waals surface area contributed by atoms with Gasteiger partial charge in [-0.1, -0.05) is 66.7 Å². The summed E-state index contributed by atoms with van der Waals surface area (Å²) in [6.07, 6.45) is 3.94. The zero-order valence-corrected chi connectivity index (χ0v) is 11.8. The van der Waals surface area contributed by atoms with Gasteiger partial charge in [-0.25, -0.2) is 4.57 Å². The van der Waals surface area contributed by atoms with Gasteiger partial charge in [0.1, 0.15) is 0 Å². The summed E-state index contributed by atoms with van der Waals surface area (Å²) in [6, 6.07) is 25.5. The molecule has 0 saturated heterocycles. The number of pyridine rings is 1. The Labute approximate surface area is 124 Å². The van der Waals surface area contributed by atoms with Crippen molar-refractivity contribution in [1.29, 1.82) is 0 Å². The molecule has 0 saturated carbocycles. The zero-order valence-electron chi connectivity index (χ0n) is 11.8. The summed E-state index contributed by atoms with van der Waals surface area (Å²) < 4.78 is 2.00. The van der Waals surface area contributed by atoms with Crippen LogP contribution in [-0.4, -0.2) is 5.11 Å². The predicted molar refractivity (Wildman–Crippen MR) is 82.5 cm³/mol. The molecule has 2 aromatic carbocycles. The number of benzene rings is 2. The largest absolute Gasteiger partial charge is 0.374 e. The Bertz CT molecular complexity index is 641. The molecule has 3 rings (SSSR count). The van der Waals surface area contributed by atoms with Crippen molar-refractivity contribution in [2.24, 2.45) is 0 Å². The van der Waals surface area contributed by atoms with Gasteiger partial charge < -0.3 is 5.11 Å². The van der Waals surface area contributed by atoms with Crippen LogP contribution < -0.4 is 4.57 Å². The average Bonchev–Trinajstić information content (AvgIpc) is 2.57. The maximum Gasteiger partial charge on any atom is 0.185 e. The Morgan fingerprint density at radius 2 is 1.10 bits per heavy atom. The minimum atomic E-state index is -1.05. The number of hydrogen-bond acceptors (Lipinski definition) is 1. The van der Waals surface area contributed by atoms with Crippen molar-refractivity contribution >= 4 is 0 Å². The summed E-state index contributed by atoms with van der Waals surface area (Å²) in [6.45, 7) is 0.474. The molecule has 2 heteroatoms. The van der Waals surface area contributed by atoms with E-state index < -0.39 is 5.60 Å². The van der Waals surface area contributed by atoms with Crippen LogP contribution in [0.3, 0.4) is 0 Å². The van der Waals surface area contributed by atoms with E-state index in [0.717, 1.165) is 11.1 Å². The molecule has 0 aliphatic rings. The Morgan fingerprint density at radius 3 is 1.57 bits per heavy atom. The van der Waals surface area contributed by atoms with Gasteiger partial charge in [0.25, 0.3) is 0 Å². The normalized spacial score (nSPS) is 11.3. The summed E-state index contributed by atoms with van der Waals surface area (Å²) in [4.78, 5) is 0. The number of rotatable bonds is 4. The highest BCUT2D eigenvalue weighted by Crippen LogP contribution is 2.29. The van der Waals surface area contributed by atoms with E-state index in [1.54, 1.807) is 0 Å². The van der Waals surface area contributed by atoms with Crippen LogP contribution in [0.4, 0.5) is 0 Å². The molecular formula is C19H18NO+. The summed E-state index contributed by atoms with van der Waals surface area (Å²) in [7, 11) is 0. The molecule has 21 heavy (non-hydrogen) atoms. The van der Waals surface area contributed by atoms with Crippen LogP contribution in [0.1, 0.15) is 11.1 Å². The van der Waals surface area contributed by atoms with Gasteiger partial charge in [-0.05, 0) is 11.1 Å². The van der Waals surface area contributed by atoms with Crippen molar-refractivity contribution in [3.63, 3.8) is 0 Å². The Hall–Kier alpha value is -2.45. The lowest BCUT2D eigenvalue weighted by molar-refractivity contribution is -0.710. The van der Waals surface area contributed by atoms with Gasteiger partial charge in [-0.2, -0.15) is 0 Å². The first-order valence-electron chi connectivity index (χ1n) is 7.06. The maximum absolute atomic E-state index is 11.4. The molecule has 0 aliphatic heterocycles. The minimum absolute atomic E-state index is 0.474. The molecular weight excluding hydrogens is 258 g/mol. The van der Waals surface area contributed by atoms with Gasteiger partial charge in [0.05, 0.1) is 0 Å². The molecule has 0 radical (unpaired) electrons. The van der Waals surface area contributed by atoms with Crippen LogP contribution in [-0.2, 0) is 12.1 Å². The topological polar surface area (TPSA) is 24.1 Å². The van der Waals surface area contributed by atoms with Crippen molar-refractivity contribution in [1.82, 2.24) is 0 Å². The highest BCUT2D eigenvalue weighted by Gasteiger charge is 2.35. The van der Waals surface area contributed by atoms with Gasteiger partial charge in [0, 0.05) is 12.1 Å². The van der Waals surface area contributed by atoms with Gasteiger partial charge in [0.15, 0.2) is 24.5 Å². The second-order valence-corrected chi connectivity index (χ2v) is 5.14. The standard InChI is InChI=1S/C19H18NO/c21-19(17-10-4-1-5-11-17,18-12-6-2-7-13-18)16-20-14-8-3-9-15-20/h1-15,21H,16H2/q+1. The molecule has 0 fully saturated rings. The zero-order chi connectivity index (χ0) is 14.5. The van der Waals surface area contributed by atoms with Crippen LogP contribution in [0.15, 0.2) is 91.3 Å². The van der Waals surface area contributed by atoms with E-state index in [4.69, 9.17) is 0 Å². The van der Waals surface area contributed by atoms with E-state index in [1.807, 2.05) is 95.8 Å². The summed E-state index contributed by atoms with van der Waals surface area (Å²) in [5.41, 5.74) is 0.745. The van der Waals surface area contributed by atoms with Crippen molar-refractivity contribution in [2.45, 2.75) is 12.1 Å². The quantitative estimate of drug-likeness (QED) is 0.728. The molecule has 0 atom stereocenters. The monoisotopic (exact) mass is 276 g/mol. The fraction of sp³-hybridized carbons (Fsp3) is 0.105. The average molecular weight is 276 g/mol. The van der Waals surface area contributed by atoms with E-state index >= 15 is 0 Å². The molecule has 0 aliphatic carbocycles. The SMILES string of the molecule is OC(C[n+]1ccccc1)(c1ccccc1)c1ccccc1. The molecule has 0 amide bonds. The Morgan fingerprint density at radius 1 is 0.667 bits per heavy atom. The lowest BCUT2D eigenvalue weighted by Crippen LogP contribution is -2.46. The molecule has 2 nitrogen and oxygen atoms in total. The first-order valence-corrected chi connectivity index (χ1v) is 7.06. The van der Waals surface area contributed by atoms with E-state index in [2.05, 4.69) is 0 Å². The fourth-order valence-electron chi connectivity index (χ4n) is 2.58. The molecule has 0 bridgehead atoms. The lowest BCUT2D eigenvalue weighted by atomic mass is 9.86. The molecule has 3 aromatic rings. The Kier molecular flexibility index (Phi) is 3.80. The van der Waals surface area contributed by atoms with Crippen molar-refractivity contribution < 1.29 is 9.67 Å². The van der Waals surface area contributed by atoms with Crippen molar-refractivity contribution in [3.8, 4) is 0 Å². The minimum Gasteiger partial charge on any atom is -0.374 e. The van der Waals surface area contributed by atoms with Gasteiger partial charge in [-0.3, -0.25) is 0 Å².